The van der Waals surface area contributed by atoms with E-state index in [1.165, 1.54) is 22.9 Å². The molecule has 2 aromatic heterocycles. The van der Waals surface area contributed by atoms with Gasteiger partial charge in [0.15, 0.2) is 0 Å². The van der Waals surface area contributed by atoms with Crippen molar-refractivity contribution in [2.75, 3.05) is 39.2 Å². The first kappa shape index (κ1) is 27.5. The zero-order chi connectivity index (χ0) is 27.1. The topological polar surface area (TPSA) is 117 Å². The predicted octanol–water partition coefficient (Wildman–Crippen LogP) is 3.31. The number of methoxy groups -OCH3 is 1. The van der Waals surface area contributed by atoms with Gasteiger partial charge >= 0.3 is 0 Å². The second-order valence-corrected chi connectivity index (χ2v) is 9.30. The number of aromatic nitrogens is 3. The number of ether oxygens (including phenoxy) is 4. The molecule has 1 aliphatic rings. The first-order valence-corrected chi connectivity index (χ1v) is 12.5. The lowest BCUT2D eigenvalue weighted by molar-refractivity contribution is -0.131. The quantitative estimate of drug-likeness (QED) is 0.377. The maximum absolute atomic E-state index is 12.7. The van der Waals surface area contributed by atoms with E-state index >= 15 is 0 Å². The Morgan fingerprint density at radius 3 is 2.84 bits per heavy atom. The van der Waals surface area contributed by atoms with Gasteiger partial charge in [0.25, 0.3) is 5.91 Å². The van der Waals surface area contributed by atoms with E-state index in [1.54, 1.807) is 49.8 Å². The van der Waals surface area contributed by atoms with Crippen LogP contribution < -0.4 is 19.5 Å². The fourth-order valence-electron chi connectivity index (χ4n) is 3.62. The molecule has 13 heteroatoms. The van der Waals surface area contributed by atoms with Crippen LogP contribution in [0, 0.1) is 0 Å². The molecule has 4 rings (SSSR count). The fourth-order valence-corrected chi connectivity index (χ4v) is 3.91. The van der Waals surface area contributed by atoms with Crippen LogP contribution in [-0.4, -0.2) is 77.6 Å². The van der Waals surface area contributed by atoms with E-state index in [1.807, 2.05) is 0 Å². The van der Waals surface area contributed by atoms with Crippen LogP contribution in [0.15, 0.2) is 48.9 Å². The van der Waals surface area contributed by atoms with Crippen molar-refractivity contribution in [2.45, 2.75) is 25.2 Å². The van der Waals surface area contributed by atoms with E-state index in [0.29, 0.717) is 46.1 Å². The standard InChI is InChI=1S/C25H27Cl2N5O6/c1-31(7-8-36-17-3-4-20(26)21(27)9-17)24(33)14-32-13-16(12-29-32)30-25(34)22-10-19(15-37-22)38-18-5-6-28-23(11-18)35-2/h3-6,9,11-13,19,22H,7-8,10,14-15H2,1-2H3,(H,30,34)/t19-,22+/m0/s1. The molecule has 0 bridgehead atoms. The van der Waals surface area contributed by atoms with E-state index in [0.717, 1.165) is 0 Å². The maximum Gasteiger partial charge on any atom is 0.253 e. The minimum atomic E-state index is -0.671. The van der Waals surface area contributed by atoms with Crippen molar-refractivity contribution in [2.24, 2.45) is 0 Å². The van der Waals surface area contributed by atoms with Crippen molar-refractivity contribution in [3.63, 3.8) is 0 Å². The number of anilines is 1. The smallest absolute Gasteiger partial charge is 0.253 e. The molecule has 0 spiro atoms. The lowest BCUT2D eigenvalue weighted by Gasteiger charge is -2.17. The van der Waals surface area contributed by atoms with Crippen LogP contribution in [0.25, 0.3) is 0 Å². The van der Waals surface area contributed by atoms with Crippen LogP contribution in [0.5, 0.6) is 17.4 Å². The van der Waals surface area contributed by atoms with Gasteiger partial charge in [0.2, 0.25) is 11.8 Å². The van der Waals surface area contributed by atoms with Gasteiger partial charge in [0.05, 0.1) is 42.2 Å². The zero-order valence-corrected chi connectivity index (χ0v) is 22.3. The average Bonchev–Trinajstić information content (AvgIpc) is 3.55. The van der Waals surface area contributed by atoms with Crippen LogP contribution in [0.2, 0.25) is 10.0 Å². The Labute approximate surface area is 229 Å². The molecule has 0 unspecified atom stereocenters. The fraction of sp³-hybridized carbons (Fsp3) is 0.360. The number of rotatable bonds is 11. The second-order valence-electron chi connectivity index (χ2n) is 8.49. The number of carbonyl (C=O) groups excluding carboxylic acids is 2. The molecule has 202 valence electrons. The van der Waals surface area contributed by atoms with Gasteiger partial charge in [-0.3, -0.25) is 14.3 Å². The summed E-state index contributed by atoms with van der Waals surface area (Å²) < 4.78 is 23.7. The van der Waals surface area contributed by atoms with Crippen molar-refractivity contribution >= 4 is 40.7 Å². The van der Waals surface area contributed by atoms with Crippen LogP contribution in [0.4, 0.5) is 5.69 Å². The van der Waals surface area contributed by atoms with Crippen molar-refractivity contribution in [3.8, 4) is 17.4 Å². The van der Waals surface area contributed by atoms with Gasteiger partial charge in [-0.25, -0.2) is 4.98 Å². The summed E-state index contributed by atoms with van der Waals surface area (Å²) in [5.41, 5.74) is 0.459. The molecule has 1 fully saturated rings. The lowest BCUT2D eigenvalue weighted by atomic mass is 10.2. The van der Waals surface area contributed by atoms with Crippen LogP contribution in [-0.2, 0) is 20.9 Å². The van der Waals surface area contributed by atoms with Gasteiger partial charge in [-0.05, 0) is 18.2 Å². The first-order valence-electron chi connectivity index (χ1n) is 11.7. The maximum atomic E-state index is 12.7. The van der Waals surface area contributed by atoms with Crippen LogP contribution in [0.3, 0.4) is 0 Å². The van der Waals surface area contributed by atoms with E-state index in [4.69, 9.17) is 42.1 Å². The van der Waals surface area contributed by atoms with Gasteiger partial charge in [-0.15, -0.1) is 0 Å². The number of carbonyl (C=O) groups is 2. The molecular weight excluding hydrogens is 537 g/mol. The van der Waals surface area contributed by atoms with Crippen molar-refractivity contribution in [1.29, 1.82) is 0 Å². The molecule has 0 saturated carbocycles. The number of hydrogen-bond donors (Lipinski definition) is 1. The Kier molecular flexibility index (Phi) is 9.27. The van der Waals surface area contributed by atoms with Gasteiger partial charge in [0, 0.05) is 38.0 Å². The minimum Gasteiger partial charge on any atom is -0.492 e. The summed E-state index contributed by atoms with van der Waals surface area (Å²) in [7, 11) is 3.20. The molecule has 38 heavy (non-hydrogen) atoms. The molecule has 1 saturated heterocycles. The van der Waals surface area contributed by atoms with Gasteiger partial charge < -0.3 is 29.2 Å². The number of likely N-dealkylation sites (N-methyl/N-ethyl adjacent to an activating group) is 1. The monoisotopic (exact) mass is 563 g/mol. The number of halogens is 2. The molecule has 3 heterocycles. The van der Waals surface area contributed by atoms with Gasteiger partial charge in [-0.1, -0.05) is 23.2 Å². The number of hydrogen-bond acceptors (Lipinski definition) is 8. The van der Waals surface area contributed by atoms with Gasteiger partial charge in [-0.2, -0.15) is 5.10 Å². The molecular formula is C25H27Cl2N5O6. The number of nitrogens with zero attached hydrogens (tertiary/aromatic N) is 4. The number of benzene rings is 1. The van der Waals surface area contributed by atoms with E-state index in [2.05, 4.69) is 15.4 Å². The molecule has 0 aliphatic carbocycles. The molecule has 1 aliphatic heterocycles. The van der Waals surface area contributed by atoms with Gasteiger partial charge in [0.1, 0.15) is 36.9 Å². The summed E-state index contributed by atoms with van der Waals surface area (Å²) in [5, 5.41) is 7.78. The highest BCUT2D eigenvalue weighted by Gasteiger charge is 2.32. The largest absolute Gasteiger partial charge is 0.492 e. The van der Waals surface area contributed by atoms with Crippen molar-refractivity contribution in [3.05, 3.63) is 59.0 Å². The first-order chi connectivity index (χ1) is 18.3. The van der Waals surface area contributed by atoms with E-state index in [9.17, 15) is 9.59 Å². The molecule has 2 amide bonds. The highest BCUT2D eigenvalue weighted by molar-refractivity contribution is 6.42. The number of nitrogens with one attached hydrogen (secondary N) is 1. The van der Waals surface area contributed by atoms with Crippen molar-refractivity contribution in [1.82, 2.24) is 19.7 Å². The summed E-state index contributed by atoms with van der Waals surface area (Å²) in [6, 6.07) is 8.35. The van der Waals surface area contributed by atoms with E-state index < -0.39 is 6.10 Å². The minimum absolute atomic E-state index is 0.00435. The number of pyridine rings is 1. The molecule has 1 N–H and O–H groups in total. The Morgan fingerprint density at radius 1 is 1.21 bits per heavy atom. The normalized spacial score (nSPS) is 16.6. The van der Waals surface area contributed by atoms with E-state index in [-0.39, 0.29) is 37.7 Å². The Balaban J connectivity index is 1.19. The summed E-state index contributed by atoms with van der Waals surface area (Å²) in [4.78, 5) is 30.8. The molecule has 11 nitrogen and oxygen atoms in total. The molecule has 1 aromatic carbocycles. The predicted molar refractivity (Wildman–Crippen MR) is 140 cm³/mol. The highest BCUT2D eigenvalue weighted by Crippen LogP contribution is 2.26. The third kappa shape index (κ3) is 7.50. The zero-order valence-electron chi connectivity index (χ0n) is 20.8. The van der Waals surface area contributed by atoms with Crippen LogP contribution >= 0.6 is 23.2 Å². The number of amides is 2. The molecule has 2 atom stereocenters. The summed E-state index contributed by atoms with van der Waals surface area (Å²) in [5.74, 6) is 1.10. The second kappa shape index (κ2) is 12.8. The summed E-state index contributed by atoms with van der Waals surface area (Å²) in [6.45, 7) is 0.919. The lowest BCUT2D eigenvalue weighted by Crippen LogP contribution is -2.33. The SMILES string of the molecule is COc1cc(O[C@@H]2CO[C@@H](C(=O)Nc3cnn(CC(=O)N(C)CCOc4ccc(Cl)c(Cl)c4)c3)C2)ccn1. The summed E-state index contributed by atoms with van der Waals surface area (Å²) in [6.07, 6.45) is 4.08. The molecule has 0 radical (unpaired) electrons. The average molecular weight is 564 g/mol. The Hall–Kier alpha value is -3.54. The van der Waals surface area contributed by atoms with Crippen LogP contribution in [0.1, 0.15) is 6.42 Å². The van der Waals surface area contributed by atoms with Crippen molar-refractivity contribution < 1.29 is 28.5 Å². The Bertz CT molecular complexity index is 1270. The third-order valence-corrected chi connectivity index (χ3v) is 6.42. The highest BCUT2D eigenvalue weighted by atomic mass is 35.5. The molecule has 3 aromatic rings. The Morgan fingerprint density at radius 2 is 2.05 bits per heavy atom. The summed E-state index contributed by atoms with van der Waals surface area (Å²) >= 11 is 11.9. The third-order valence-electron chi connectivity index (χ3n) is 5.68.